The van der Waals surface area contributed by atoms with E-state index in [0.717, 1.165) is 5.54 Å². The van der Waals surface area contributed by atoms with Crippen LogP contribution in [-0.2, 0) is 0 Å². The zero-order valence-corrected chi connectivity index (χ0v) is 20.3. The fourth-order valence-corrected chi connectivity index (χ4v) is 7.23. The van der Waals surface area contributed by atoms with Crippen molar-refractivity contribution in [3.8, 4) is 0 Å². The van der Waals surface area contributed by atoms with E-state index in [4.69, 9.17) is 0 Å². The summed E-state index contributed by atoms with van der Waals surface area (Å²) in [6, 6.07) is 23.2. The van der Waals surface area contributed by atoms with E-state index in [-0.39, 0.29) is 0 Å². The molecule has 2 aromatic rings. The molecule has 2 heteroatoms. The van der Waals surface area contributed by atoms with Crippen molar-refractivity contribution in [1.29, 1.82) is 0 Å². The minimum absolute atomic E-state index is 0.924. The monoisotopic (exact) mass is 394 g/mol. The maximum Gasteiger partial charge on any atom is 0.0473 e. The van der Waals surface area contributed by atoms with Crippen LogP contribution in [-0.4, -0.2) is 16.1 Å². The molecule has 2 aromatic carbocycles. The Morgan fingerprint density at radius 1 is 0.741 bits per heavy atom. The van der Waals surface area contributed by atoms with Gasteiger partial charge in [0.15, 0.2) is 0 Å². The highest BCUT2D eigenvalue weighted by molar-refractivity contribution is 6.78. The van der Waals surface area contributed by atoms with E-state index < -0.39 is 16.1 Å². The first-order valence-electron chi connectivity index (χ1n) is 10.5. The summed E-state index contributed by atoms with van der Waals surface area (Å²) in [5.74, 6) is 0. The van der Waals surface area contributed by atoms with Crippen molar-refractivity contribution in [2.45, 2.75) is 70.1 Å². The summed E-state index contributed by atoms with van der Waals surface area (Å²) in [7, 11) is -2.08. The van der Waals surface area contributed by atoms with E-state index >= 15 is 0 Å². The van der Waals surface area contributed by atoms with Crippen molar-refractivity contribution in [1.82, 2.24) is 0 Å². The van der Waals surface area contributed by atoms with Crippen molar-refractivity contribution >= 4 is 21.7 Å². The van der Waals surface area contributed by atoms with Gasteiger partial charge < -0.3 is 0 Å². The Bertz CT molecular complexity index is 662. The fourth-order valence-electron chi connectivity index (χ4n) is 3.68. The summed E-state index contributed by atoms with van der Waals surface area (Å²) in [4.78, 5) is 0. The Balaban J connectivity index is 2.17. The molecule has 0 aromatic heterocycles. The summed E-state index contributed by atoms with van der Waals surface area (Å²) in [5.41, 5.74) is 4.97. The minimum atomic E-state index is -1.12. The van der Waals surface area contributed by atoms with Gasteiger partial charge in [-0.25, -0.2) is 0 Å². The molecule has 0 saturated heterocycles. The smallest absolute Gasteiger partial charge is 0.0473 e. The molecular weight excluding hydrogens is 356 g/mol. The lowest BCUT2D eigenvalue weighted by molar-refractivity contribution is 0.696. The molecule has 0 aliphatic rings. The number of benzene rings is 2. The van der Waals surface area contributed by atoms with E-state index in [1.54, 1.807) is 0 Å². The molecule has 0 heterocycles. The highest BCUT2D eigenvalue weighted by atomic mass is 28.3. The Labute approximate surface area is 169 Å². The molecule has 0 radical (unpaired) electrons. The molecule has 0 amide bonds. The minimum Gasteiger partial charge on any atom is -0.0761 e. The van der Waals surface area contributed by atoms with Gasteiger partial charge in [-0.1, -0.05) is 118 Å². The van der Waals surface area contributed by atoms with Crippen molar-refractivity contribution in [2.24, 2.45) is 0 Å². The lowest BCUT2D eigenvalue weighted by atomic mass is 9.96. The Morgan fingerprint density at radius 2 is 1.22 bits per heavy atom. The van der Waals surface area contributed by atoms with Crippen LogP contribution in [0.25, 0.3) is 5.57 Å². The first-order valence-corrected chi connectivity index (χ1v) is 17.8. The lowest BCUT2D eigenvalue weighted by Gasteiger charge is -2.31. The molecule has 0 saturated carbocycles. The van der Waals surface area contributed by atoms with Crippen LogP contribution in [0, 0.1) is 0 Å². The Hall–Kier alpha value is -1.39. The molecular formula is C25H38Si2. The largest absolute Gasteiger partial charge is 0.0761 e. The second-order valence-corrected chi connectivity index (χ2v) is 21.3. The third kappa shape index (κ3) is 7.63. The number of rotatable bonds is 9. The molecule has 27 heavy (non-hydrogen) atoms. The summed E-state index contributed by atoms with van der Waals surface area (Å²) in [6.07, 6.45) is 6.45. The highest BCUT2D eigenvalue weighted by Gasteiger charge is 2.27. The second kappa shape index (κ2) is 9.70. The third-order valence-electron chi connectivity index (χ3n) is 5.50. The Kier molecular flexibility index (Phi) is 7.87. The maximum atomic E-state index is 2.56. The first kappa shape index (κ1) is 21.9. The average Bonchev–Trinajstić information content (AvgIpc) is 2.60. The van der Waals surface area contributed by atoms with E-state index in [2.05, 4.69) is 106 Å². The summed E-state index contributed by atoms with van der Waals surface area (Å²) >= 11 is 0. The topological polar surface area (TPSA) is 0 Å². The van der Waals surface area contributed by atoms with Gasteiger partial charge in [-0.15, -0.1) is 0 Å². The van der Waals surface area contributed by atoms with Gasteiger partial charge in [0, 0.05) is 16.1 Å². The van der Waals surface area contributed by atoms with Crippen LogP contribution in [0.5, 0.6) is 0 Å². The predicted octanol–water partition coefficient (Wildman–Crippen LogP) is 8.34. The zero-order chi connectivity index (χ0) is 19.9. The number of hydrogen-bond acceptors (Lipinski definition) is 0. The van der Waals surface area contributed by atoms with Crippen molar-refractivity contribution in [2.75, 3.05) is 0 Å². The van der Waals surface area contributed by atoms with Gasteiger partial charge in [-0.3, -0.25) is 0 Å². The third-order valence-corrected chi connectivity index (χ3v) is 10.3. The average molecular weight is 395 g/mol. The summed E-state index contributed by atoms with van der Waals surface area (Å²) in [5, 5.41) is 0. The van der Waals surface area contributed by atoms with Gasteiger partial charge in [0.25, 0.3) is 0 Å². The predicted molar refractivity (Wildman–Crippen MR) is 129 cm³/mol. The SMILES string of the molecule is C[Si](C)(C)CCC(CCC=C(c1ccccc1)c1ccccc1)[Si](C)(C)C. The van der Waals surface area contributed by atoms with Gasteiger partial charge in [0.2, 0.25) is 0 Å². The lowest BCUT2D eigenvalue weighted by Crippen LogP contribution is -2.30. The molecule has 0 bridgehead atoms. The quantitative estimate of drug-likeness (QED) is 0.375. The van der Waals surface area contributed by atoms with Gasteiger partial charge in [0.1, 0.15) is 0 Å². The highest BCUT2D eigenvalue weighted by Crippen LogP contribution is 2.35. The normalized spacial score (nSPS) is 13.3. The van der Waals surface area contributed by atoms with Crippen molar-refractivity contribution < 1.29 is 0 Å². The number of allylic oxidation sites excluding steroid dienone is 1. The maximum absolute atomic E-state index is 2.56. The van der Waals surface area contributed by atoms with Crippen LogP contribution < -0.4 is 0 Å². The van der Waals surface area contributed by atoms with Crippen LogP contribution in [0.3, 0.4) is 0 Å². The molecule has 0 spiro atoms. The second-order valence-electron chi connectivity index (χ2n) is 10.1. The zero-order valence-electron chi connectivity index (χ0n) is 18.3. The van der Waals surface area contributed by atoms with Crippen LogP contribution in [0.15, 0.2) is 66.7 Å². The van der Waals surface area contributed by atoms with Gasteiger partial charge >= 0.3 is 0 Å². The van der Waals surface area contributed by atoms with E-state index in [0.29, 0.717) is 0 Å². The molecule has 0 aliphatic carbocycles. The van der Waals surface area contributed by atoms with Crippen LogP contribution >= 0.6 is 0 Å². The van der Waals surface area contributed by atoms with Gasteiger partial charge in [-0.05, 0) is 35.1 Å². The van der Waals surface area contributed by atoms with Gasteiger partial charge in [0.05, 0.1) is 0 Å². The molecule has 1 unspecified atom stereocenters. The molecule has 0 aliphatic heterocycles. The van der Waals surface area contributed by atoms with E-state index in [9.17, 15) is 0 Å². The molecule has 2 rings (SSSR count). The standard InChI is InChI=1S/C25H38Si2/c1-26(2,3)21-20-24(27(4,5)6)18-13-19-25(22-14-9-7-10-15-22)23-16-11-8-12-17-23/h7-12,14-17,19,24H,13,18,20-21H2,1-6H3. The van der Waals surface area contributed by atoms with E-state index in [1.807, 2.05) is 0 Å². The van der Waals surface area contributed by atoms with Crippen LogP contribution in [0.2, 0.25) is 50.9 Å². The van der Waals surface area contributed by atoms with E-state index in [1.165, 1.54) is 42.0 Å². The fraction of sp³-hybridized carbons (Fsp3) is 0.440. The van der Waals surface area contributed by atoms with Crippen molar-refractivity contribution in [3.63, 3.8) is 0 Å². The summed E-state index contributed by atoms with van der Waals surface area (Å²) < 4.78 is 0. The summed E-state index contributed by atoms with van der Waals surface area (Å²) in [6.45, 7) is 15.2. The molecule has 146 valence electrons. The van der Waals surface area contributed by atoms with Crippen molar-refractivity contribution in [3.05, 3.63) is 77.9 Å². The Morgan fingerprint density at radius 3 is 1.63 bits per heavy atom. The molecule has 0 N–H and O–H groups in total. The van der Waals surface area contributed by atoms with Gasteiger partial charge in [-0.2, -0.15) is 0 Å². The molecule has 0 nitrogen and oxygen atoms in total. The van der Waals surface area contributed by atoms with Crippen LogP contribution in [0.1, 0.15) is 30.4 Å². The molecule has 1 atom stereocenters. The molecule has 0 fully saturated rings. The number of hydrogen-bond donors (Lipinski definition) is 0. The van der Waals surface area contributed by atoms with Crippen LogP contribution in [0.4, 0.5) is 0 Å². The first-order chi connectivity index (χ1) is 12.7.